The molecule has 2 bridgehead atoms. The standard InChI is InChI=1S/C20H30O3/c1-12(17(21)22)9-15-10-16-18(3,4)14-6-8-19(23-15)7-5-13(2)20(16,19)11-14/h9,13-16H,5-8,10-11H2,1-4H3,(H,21,22). The Labute approximate surface area is 139 Å². The van der Waals surface area contributed by atoms with E-state index in [9.17, 15) is 9.90 Å². The summed E-state index contributed by atoms with van der Waals surface area (Å²) in [5.74, 6) is 1.39. The molecule has 1 saturated heterocycles. The van der Waals surface area contributed by atoms with Crippen LogP contribution in [-0.2, 0) is 9.53 Å². The van der Waals surface area contributed by atoms with Gasteiger partial charge in [-0.25, -0.2) is 4.79 Å². The number of hydrogen-bond donors (Lipinski definition) is 1. The Kier molecular flexibility index (Phi) is 3.15. The van der Waals surface area contributed by atoms with E-state index in [1.54, 1.807) is 6.92 Å². The molecule has 3 heteroatoms. The summed E-state index contributed by atoms with van der Waals surface area (Å²) in [5, 5.41) is 9.24. The van der Waals surface area contributed by atoms with Crippen molar-refractivity contribution in [3.8, 4) is 0 Å². The third-order valence-corrected chi connectivity index (χ3v) is 8.38. The first kappa shape index (κ1) is 15.7. The van der Waals surface area contributed by atoms with Gasteiger partial charge in [0, 0.05) is 11.0 Å². The highest BCUT2D eigenvalue weighted by Crippen LogP contribution is 2.77. The Morgan fingerprint density at radius 2 is 1.96 bits per heavy atom. The van der Waals surface area contributed by atoms with E-state index >= 15 is 0 Å². The summed E-state index contributed by atoms with van der Waals surface area (Å²) in [6.45, 7) is 9.07. The molecule has 1 heterocycles. The van der Waals surface area contributed by atoms with E-state index in [-0.39, 0.29) is 11.7 Å². The van der Waals surface area contributed by atoms with Crippen LogP contribution in [0, 0.1) is 28.6 Å². The van der Waals surface area contributed by atoms with Gasteiger partial charge in [-0.1, -0.05) is 20.8 Å². The van der Waals surface area contributed by atoms with Gasteiger partial charge in [-0.05, 0) is 74.7 Å². The lowest BCUT2D eigenvalue weighted by molar-refractivity contribution is -0.221. The van der Waals surface area contributed by atoms with Crippen molar-refractivity contribution in [1.29, 1.82) is 0 Å². The first-order valence-corrected chi connectivity index (χ1v) is 9.32. The van der Waals surface area contributed by atoms with E-state index < -0.39 is 5.97 Å². The second-order valence-corrected chi connectivity index (χ2v) is 9.33. The van der Waals surface area contributed by atoms with Gasteiger partial charge >= 0.3 is 5.97 Å². The quantitative estimate of drug-likeness (QED) is 0.767. The summed E-state index contributed by atoms with van der Waals surface area (Å²) in [6, 6.07) is 0. The van der Waals surface area contributed by atoms with Crippen LogP contribution in [0.2, 0.25) is 0 Å². The average Bonchev–Trinajstić information content (AvgIpc) is 2.90. The first-order valence-electron chi connectivity index (χ1n) is 9.32. The fourth-order valence-corrected chi connectivity index (χ4v) is 7.20. The van der Waals surface area contributed by atoms with Crippen LogP contribution >= 0.6 is 0 Å². The van der Waals surface area contributed by atoms with Crippen LogP contribution in [0.1, 0.15) is 66.2 Å². The van der Waals surface area contributed by atoms with E-state index in [2.05, 4.69) is 20.8 Å². The van der Waals surface area contributed by atoms with Crippen LogP contribution < -0.4 is 0 Å². The normalized spacial score (nSPS) is 50.7. The molecule has 6 unspecified atom stereocenters. The molecule has 0 aromatic heterocycles. The fourth-order valence-electron chi connectivity index (χ4n) is 7.20. The molecule has 1 aliphatic heterocycles. The van der Waals surface area contributed by atoms with E-state index in [0.717, 1.165) is 18.3 Å². The minimum absolute atomic E-state index is 0.0134. The number of fused-ring (bicyclic) bond motifs is 1. The minimum atomic E-state index is -0.822. The van der Waals surface area contributed by atoms with Crippen LogP contribution in [-0.4, -0.2) is 22.8 Å². The van der Waals surface area contributed by atoms with Crippen molar-refractivity contribution < 1.29 is 14.6 Å². The summed E-state index contributed by atoms with van der Waals surface area (Å²) in [4.78, 5) is 11.2. The molecule has 4 rings (SSSR count). The minimum Gasteiger partial charge on any atom is -0.478 e. The van der Waals surface area contributed by atoms with Crippen molar-refractivity contribution in [2.45, 2.75) is 77.9 Å². The number of rotatable bonds is 2. The van der Waals surface area contributed by atoms with Gasteiger partial charge in [0.1, 0.15) is 0 Å². The summed E-state index contributed by atoms with van der Waals surface area (Å²) in [5.41, 5.74) is 1.14. The third-order valence-electron chi connectivity index (χ3n) is 8.38. The average molecular weight is 318 g/mol. The zero-order valence-corrected chi connectivity index (χ0v) is 14.9. The Morgan fingerprint density at radius 3 is 2.65 bits per heavy atom. The number of carboxylic acid groups (broad SMARTS) is 1. The molecule has 3 nitrogen and oxygen atoms in total. The Bertz CT molecular complexity index is 577. The van der Waals surface area contributed by atoms with Crippen LogP contribution in [0.4, 0.5) is 0 Å². The van der Waals surface area contributed by atoms with Crippen LogP contribution in [0.5, 0.6) is 0 Å². The highest BCUT2D eigenvalue weighted by atomic mass is 16.5. The molecule has 0 amide bonds. The molecule has 0 aromatic carbocycles. The number of carboxylic acids is 1. The van der Waals surface area contributed by atoms with Gasteiger partial charge in [-0.15, -0.1) is 0 Å². The van der Waals surface area contributed by atoms with E-state index in [4.69, 9.17) is 4.74 Å². The Balaban J connectivity index is 1.78. The van der Waals surface area contributed by atoms with Crippen molar-refractivity contribution in [2.24, 2.45) is 28.6 Å². The summed E-state index contributed by atoms with van der Waals surface area (Å²) in [7, 11) is 0. The maximum Gasteiger partial charge on any atom is 0.331 e. The molecule has 128 valence electrons. The Hall–Kier alpha value is -0.830. The van der Waals surface area contributed by atoms with Gasteiger partial charge in [0.15, 0.2) is 0 Å². The molecule has 3 saturated carbocycles. The van der Waals surface area contributed by atoms with E-state index in [0.29, 0.717) is 22.3 Å². The van der Waals surface area contributed by atoms with E-state index in [1.165, 1.54) is 32.1 Å². The van der Waals surface area contributed by atoms with Crippen molar-refractivity contribution in [1.82, 2.24) is 0 Å². The molecule has 1 spiro atoms. The second-order valence-electron chi connectivity index (χ2n) is 9.33. The van der Waals surface area contributed by atoms with Crippen LogP contribution in [0.3, 0.4) is 0 Å². The number of ether oxygens (including phenoxy) is 1. The maximum atomic E-state index is 11.2. The summed E-state index contributed by atoms with van der Waals surface area (Å²) < 4.78 is 6.73. The molecule has 23 heavy (non-hydrogen) atoms. The van der Waals surface area contributed by atoms with Crippen molar-refractivity contribution in [2.75, 3.05) is 0 Å². The highest BCUT2D eigenvalue weighted by Gasteiger charge is 2.74. The monoisotopic (exact) mass is 318 g/mol. The summed E-state index contributed by atoms with van der Waals surface area (Å²) in [6.07, 6.45) is 9.10. The fraction of sp³-hybridized carbons (Fsp3) is 0.850. The molecule has 3 aliphatic carbocycles. The van der Waals surface area contributed by atoms with Gasteiger partial charge in [-0.2, -0.15) is 0 Å². The van der Waals surface area contributed by atoms with Crippen molar-refractivity contribution in [3.05, 3.63) is 11.6 Å². The molecule has 1 N–H and O–H groups in total. The second kappa shape index (κ2) is 4.62. The molecular formula is C20H30O3. The molecule has 6 atom stereocenters. The van der Waals surface area contributed by atoms with Gasteiger partial charge in [-0.3, -0.25) is 0 Å². The van der Waals surface area contributed by atoms with Crippen LogP contribution in [0.15, 0.2) is 11.6 Å². The van der Waals surface area contributed by atoms with Gasteiger partial charge in [0.2, 0.25) is 0 Å². The first-order chi connectivity index (χ1) is 10.7. The zero-order valence-electron chi connectivity index (χ0n) is 14.9. The molecular weight excluding hydrogens is 288 g/mol. The zero-order chi connectivity index (χ0) is 16.6. The van der Waals surface area contributed by atoms with Gasteiger partial charge < -0.3 is 9.84 Å². The largest absolute Gasteiger partial charge is 0.478 e. The van der Waals surface area contributed by atoms with E-state index in [1.807, 2.05) is 6.08 Å². The SMILES string of the molecule is CC(=CC1CC2C(C)(C)C3CCC4(CCC(C)C24C3)O1)C(=O)O. The summed E-state index contributed by atoms with van der Waals surface area (Å²) >= 11 is 0. The van der Waals surface area contributed by atoms with Gasteiger partial charge in [0.25, 0.3) is 0 Å². The van der Waals surface area contributed by atoms with Gasteiger partial charge in [0.05, 0.1) is 11.7 Å². The lowest BCUT2D eigenvalue weighted by Gasteiger charge is -2.57. The molecule has 4 fully saturated rings. The molecule has 4 aliphatic rings. The predicted molar refractivity (Wildman–Crippen MR) is 89.1 cm³/mol. The Morgan fingerprint density at radius 1 is 1.26 bits per heavy atom. The lowest BCUT2D eigenvalue weighted by atomic mass is 9.56. The third kappa shape index (κ3) is 1.78. The molecule has 0 radical (unpaired) electrons. The molecule has 0 aromatic rings. The van der Waals surface area contributed by atoms with Crippen molar-refractivity contribution >= 4 is 5.97 Å². The predicted octanol–water partition coefficient (Wildman–Crippen LogP) is 4.42. The smallest absolute Gasteiger partial charge is 0.331 e. The lowest BCUT2D eigenvalue weighted by Crippen LogP contribution is -2.58. The maximum absolute atomic E-state index is 11.2. The van der Waals surface area contributed by atoms with Crippen molar-refractivity contribution in [3.63, 3.8) is 0 Å². The number of hydrogen-bond acceptors (Lipinski definition) is 2. The number of carbonyl (C=O) groups is 1. The highest BCUT2D eigenvalue weighted by molar-refractivity contribution is 5.85. The van der Waals surface area contributed by atoms with Crippen LogP contribution in [0.25, 0.3) is 0 Å². The topological polar surface area (TPSA) is 46.5 Å². The number of aliphatic carboxylic acids is 1.